The average molecular weight is 310 g/mol. The van der Waals surface area contributed by atoms with Gasteiger partial charge in [0.1, 0.15) is 5.60 Å². The molecule has 0 aliphatic heterocycles. The predicted octanol–water partition coefficient (Wildman–Crippen LogP) is 2.97. The molecule has 5 heteroatoms. The molecule has 1 heterocycles. The fourth-order valence-electron chi connectivity index (χ4n) is 1.90. The van der Waals surface area contributed by atoms with Gasteiger partial charge in [-0.15, -0.1) is 11.3 Å². The van der Waals surface area contributed by atoms with Gasteiger partial charge in [0.15, 0.2) is 0 Å². The summed E-state index contributed by atoms with van der Waals surface area (Å²) in [5, 5.41) is 15.6. The standard InChI is InChI=1S/C15H16ClNO2S/c1-15(19,12-6-2-3-7-13(12)16)10-17-14(18)9-11-5-4-8-20-11/h2-8,19H,9-10H2,1H3,(H,17,18)/t15-/m1/s1. The summed E-state index contributed by atoms with van der Waals surface area (Å²) in [5.74, 6) is -0.111. The number of hydrogen-bond acceptors (Lipinski definition) is 3. The smallest absolute Gasteiger partial charge is 0.225 e. The zero-order chi connectivity index (χ0) is 14.6. The van der Waals surface area contributed by atoms with Crippen LogP contribution in [0, 0.1) is 0 Å². The van der Waals surface area contributed by atoms with Crippen molar-refractivity contribution in [2.45, 2.75) is 18.9 Å². The molecule has 2 aromatic rings. The van der Waals surface area contributed by atoms with Crippen LogP contribution < -0.4 is 5.32 Å². The van der Waals surface area contributed by atoms with Gasteiger partial charge in [-0.3, -0.25) is 4.79 Å². The second kappa shape index (κ2) is 6.39. The van der Waals surface area contributed by atoms with E-state index in [2.05, 4.69) is 5.32 Å². The van der Waals surface area contributed by atoms with Gasteiger partial charge in [-0.2, -0.15) is 0 Å². The molecule has 0 saturated heterocycles. The van der Waals surface area contributed by atoms with Gasteiger partial charge in [-0.1, -0.05) is 35.9 Å². The van der Waals surface area contributed by atoms with Crippen molar-refractivity contribution in [3.8, 4) is 0 Å². The fraction of sp³-hybridized carbons (Fsp3) is 0.267. The molecule has 0 radical (unpaired) electrons. The minimum absolute atomic E-state index is 0.111. The molecule has 20 heavy (non-hydrogen) atoms. The van der Waals surface area contributed by atoms with Crippen LogP contribution in [-0.2, 0) is 16.8 Å². The number of amides is 1. The van der Waals surface area contributed by atoms with Crippen molar-refractivity contribution in [3.63, 3.8) is 0 Å². The van der Waals surface area contributed by atoms with E-state index in [1.165, 1.54) is 11.3 Å². The van der Waals surface area contributed by atoms with Crippen LogP contribution >= 0.6 is 22.9 Å². The zero-order valence-corrected chi connectivity index (χ0v) is 12.7. The van der Waals surface area contributed by atoms with E-state index >= 15 is 0 Å². The van der Waals surface area contributed by atoms with Crippen molar-refractivity contribution >= 4 is 28.8 Å². The normalized spacial score (nSPS) is 13.8. The summed E-state index contributed by atoms with van der Waals surface area (Å²) in [6.07, 6.45) is 0.330. The van der Waals surface area contributed by atoms with Crippen molar-refractivity contribution in [3.05, 3.63) is 57.2 Å². The molecule has 2 rings (SSSR count). The van der Waals surface area contributed by atoms with Crippen LogP contribution in [0.5, 0.6) is 0 Å². The summed E-state index contributed by atoms with van der Waals surface area (Å²) in [6, 6.07) is 10.9. The first-order valence-corrected chi connectivity index (χ1v) is 7.51. The third-order valence-corrected chi connectivity index (χ3v) is 4.20. The topological polar surface area (TPSA) is 49.3 Å². The second-order valence-corrected chi connectivity index (χ2v) is 6.23. The maximum absolute atomic E-state index is 11.8. The summed E-state index contributed by atoms with van der Waals surface area (Å²) in [6.45, 7) is 1.76. The van der Waals surface area contributed by atoms with Gasteiger partial charge in [-0.05, 0) is 24.4 Å². The molecule has 1 aromatic carbocycles. The number of rotatable bonds is 5. The molecule has 0 aliphatic rings. The molecule has 0 bridgehead atoms. The fourth-order valence-corrected chi connectivity index (χ4v) is 2.94. The van der Waals surface area contributed by atoms with E-state index < -0.39 is 5.60 Å². The van der Waals surface area contributed by atoms with Crippen molar-refractivity contribution in [2.75, 3.05) is 6.54 Å². The van der Waals surface area contributed by atoms with E-state index in [4.69, 9.17) is 11.6 Å². The van der Waals surface area contributed by atoms with Gasteiger partial charge < -0.3 is 10.4 Å². The minimum atomic E-state index is -1.19. The summed E-state index contributed by atoms with van der Waals surface area (Å²) in [4.78, 5) is 12.8. The van der Waals surface area contributed by atoms with Crippen molar-refractivity contribution in [1.29, 1.82) is 0 Å². The molecule has 0 saturated carbocycles. The van der Waals surface area contributed by atoms with E-state index in [-0.39, 0.29) is 12.5 Å². The van der Waals surface area contributed by atoms with Crippen molar-refractivity contribution in [1.82, 2.24) is 5.32 Å². The number of hydrogen-bond donors (Lipinski definition) is 2. The molecule has 3 nitrogen and oxygen atoms in total. The molecule has 1 atom stereocenters. The van der Waals surface area contributed by atoms with Gasteiger partial charge >= 0.3 is 0 Å². The quantitative estimate of drug-likeness (QED) is 0.892. The van der Waals surface area contributed by atoms with Crippen LogP contribution in [0.2, 0.25) is 5.02 Å². The Morgan fingerprint density at radius 3 is 2.75 bits per heavy atom. The Morgan fingerprint density at radius 2 is 2.10 bits per heavy atom. The van der Waals surface area contributed by atoms with Gasteiger partial charge in [0.25, 0.3) is 0 Å². The number of halogens is 1. The molecule has 0 fully saturated rings. The highest BCUT2D eigenvalue weighted by molar-refractivity contribution is 7.10. The maximum atomic E-state index is 11.8. The van der Waals surface area contributed by atoms with Crippen molar-refractivity contribution < 1.29 is 9.90 Å². The molecule has 2 N–H and O–H groups in total. The maximum Gasteiger partial charge on any atom is 0.225 e. The van der Waals surface area contributed by atoms with Gasteiger partial charge in [0.05, 0.1) is 13.0 Å². The lowest BCUT2D eigenvalue weighted by Gasteiger charge is -2.25. The molecule has 106 valence electrons. The Balaban J connectivity index is 1.95. The summed E-state index contributed by atoms with van der Waals surface area (Å²) >= 11 is 7.61. The second-order valence-electron chi connectivity index (χ2n) is 4.79. The van der Waals surface area contributed by atoms with E-state index in [9.17, 15) is 9.90 Å². The van der Waals surface area contributed by atoms with E-state index in [1.807, 2.05) is 23.6 Å². The minimum Gasteiger partial charge on any atom is -0.384 e. The highest BCUT2D eigenvalue weighted by Crippen LogP contribution is 2.27. The first-order valence-electron chi connectivity index (χ1n) is 6.25. The monoisotopic (exact) mass is 309 g/mol. The van der Waals surface area contributed by atoms with Crippen LogP contribution in [0.3, 0.4) is 0 Å². The summed E-state index contributed by atoms with van der Waals surface area (Å²) in [7, 11) is 0. The third kappa shape index (κ3) is 3.82. The third-order valence-electron chi connectivity index (χ3n) is 3.00. The average Bonchev–Trinajstić information content (AvgIpc) is 2.90. The Labute approximate surface area is 127 Å². The van der Waals surface area contributed by atoms with Crippen LogP contribution in [-0.4, -0.2) is 17.6 Å². The lowest BCUT2D eigenvalue weighted by molar-refractivity contribution is -0.121. The van der Waals surface area contributed by atoms with Crippen LogP contribution in [0.4, 0.5) is 0 Å². The Kier molecular flexibility index (Phi) is 4.81. The highest BCUT2D eigenvalue weighted by Gasteiger charge is 2.26. The zero-order valence-electron chi connectivity index (χ0n) is 11.1. The van der Waals surface area contributed by atoms with Gasteiger partial charge in [0, 0.05) is 15.5 Å². The first-order chi connectivity index (χ1) is 9.49. The number of carbonyl (C=O) groups is 1. The van der Waals surface area contributed by atoms with E-state index in [0.717, 1.165) is 4.88 Å². The van der Waals surface area contributed by atoms with Crippen LogP contribution in [0.1, 0.15) is 17.4 Å². The SMILES string of the molecule is C[C@@](O)(CNC(=O)Cc1cccs1)c1ccccc1Cl. The van der Waals surface area contributed by atoms with E-state index in [0.29, 0.717) is 17.0 Å². The molecule has 0 unspecified atom stereocenters. The number of thiophene rings is 1. The number of nitrogens with one attached hydrogen (secondary N) is 1. The van der Waals surface area contributed by atoms with Crippen LogP contribution in [0.25, 0.3) is 0 Å². The summed E-state index contributed by atoms with van der Waals surface area (Å²) < 4.78 is 0. The predicted molar refractivity (Wildman–Crippen MR) is 82.1 cm³/mol. The molecular formula is C15H16ClNO2S. The van der Waals surface area contributed by atoms with Gasteiger partial charge in [-0.25, -0.2) is 0 Å². The molecule has 1 aromatic heterocycles. The van der Waals surface area contributed by atoms with Gasteiger partial charge in [0.2, 0.25) is 5.91 Å². The largest absolute Gasteiger partial charge is 0.384 e. The number of carbonyl (C=O) groups excluding carboxylic acids is 1. The van der Waals surface area contributed by atoms with E-state index in [1.54, 1.807) is 25.1 Å². The first kappa shape index (κ1) is 15.0. The summed E-state index contributed by atoms with van der Waals surface area (Å²) in [5.41, 5.74) is -0.582. The Hall–Kier alpha value is -1.36. The Morgan fingerprint density at radius 1 is 1.35 bits per heavy atom. The molecule has 1 amide bonds. The number of aliphatic hydroxyl groups is 1. The molecule has 0 spiro atoms. The van der Waals surface area contributed by atoms with Crippen molar-refractivity contribution in [2.24, 2.45) is 0 Å². The molecular weight excluding hydrogens is 294 g/mol. The highest BCUT2D eigenvalue weighted by atomic mass is 35.5. The lowest BCUT2D eigenvalue weighted by atomic mass is 9.96. The molecule has 0 aliphatic carbocycles. The van der Waals surface area contributed by atoms with Crippen LogP contribution in [0.15, 0.2) is 41.8 Å². The lowest BCUT2D eigenvalue weighted by Crippen LogP contribution is -2.39. The Bertz CT molecular complexity index is 581. The number of benzene rings is 1.